The predicted molar refractivity (Wildman–Crippen MR) is 76.2 cm³/mol. The number of carbonyl (C=O) groups is 2. The lowest BCUT2D eigenvalue weighted by atomic mass is 10.3. The van der Waals surface area contributed by atoms with Gasteiger partial charge in [0.2, 0.25) is 0 Å². The molecule has 0 aromatic carbocycles. The van der Waals surface area contributed by atoms with Gasteiger partial charge in [-0.1, -0.05) is 13.8 Å². The van der Waals surface area contributed by atoms with Gasteiger partial charge in [-0.05, 0) is 31.2 Å². The number of halogens is 4. The van der Waals surface area contributed by atoms with Gasteiger partial charge in [0, 0.05) is 6.92 Å². The van der Waals surface area contributed by atoms with Crippen LogP contribution in [-0.4, -0.2) is 37.4 Å². The summed E-state index contributed by atoms with van der Waals surface area (Å²) < 4.78 is 53.6. The predicted octanol–water partition coefficient (Wildman–Crippen LogP) is 4.15. The van der Waals surface area contributed by atoms with E-state index in [0.29, 0.717) is 6.42 Å². The fourth-order valence-corrected chi connectivity index (χ4v) is 0.880. The largest absolute Gasteiger partial charge is 0.463 e. The Morgan fingerprint density at radius 2 is 1.35 bits per heavy atom. The molecule has 2 atom stereocenters. The van der Waals surface area contributed by atoms with Crippen LogP contribution in [0.1, 0.15) is 53.9 Å². The van der Waals surface area contributed by atoms with Crippen LogP contribution < -0.4 is 0 Å². The second kappa shape index (κ2) is 15.5. The molecule has 0 aliphatic rings. The molecule has 0 heterocycles. The van der Waals surface area contributed by atoms with Crippen molar-refractivity contribution in [3.05, 3.63) is 0 Å². The molecule has 0 rings (SSSR count). The Balaban J connectivity index is -0.000000313. The van der Waals surface area contributed by atoms with Crippen molar-refractivity contribution in [3.8, 4) is 0 Å². The zero-order valence-electron chi connectivity index (χ0n) is 14.3. The van der Waals surface area contributed by atoms with Crippen molar-refractivity contribution >= 4 is 11.9 Å². The maximum Gasteiger partial charge on any atom is 0.399 e. The highest BCUT2D eigenvalue weighted by Crippen LogP contribution is 2.20. The Morgan fingerprint density at radius 1 is 1.00 bits per heavy atom. The van der Waals surface area contributed by atoms with Gasteiger partial charge in [-0.15, -0.1) is 0 Å². The highest BCUT2D eigenvalue weighted by molar-refractivity contribution is 5.70. The molecule has 140 valence electrons. The summed E-state index contributed by atoms with van der Waals surface area (Å²) in [5, 5.41) is 0. The van der Waals surface area contributed by atoms with Crippen LogP contribution in [0.3, 0.4) is 0 Å². The zero-order chi connectivity index (χ0) is 19.1. The number of hydrogen-bond donors (Lipinski definition) is 0. The molecule has 2 unspecified atom stereocenters. The topological polar surface area (TPSA) is 61.8 Å². The number of ether oxygens (including phenoxy) is 2. The SMILES string of the molecule is CCC(C)OC(=O)CC(F)(F)F.CCC(C)OC(C)=O.COF. The van der Waals surface area contributed by atoms with E-state index in [1.807, 2.05) is 13.8 Å². The molecule has 0 aliphatic heterocycles. The third-order valence-corrected chi connectivity index (χ3v) is 2.19. The van der Waals surface area contributed by atoms with Gasteiger partial charge < -0.3 is 9.47 Å². The molecule has 0 saturated carbocycles. The first-order valence-electron chi connectivity index (χ1n) is 7.01. The third kappa shape index (κ3) is 29.3. The Bertz CT molecular complexity index is 308. The molecular formula is C14H26F4O5. The van der Waals surface area contributed by atoms with Crippen molar-refractivity contribution in [3.63, 3.8) is 0 Å². The lowest BCUT2D eigenvalue weighted by molar-refractivity contribution is -0.174. The minimum Gasteiger partial charge on any atom is -0.463 e. The normalized spacial score (nSPS) is 12.6. The van der Waals surface area contributed by atoms with Crippen LogP contribution in [0, 0.1) is 0 Å². The van der Waals surface area contributed by atoms with Gasteiger partial charge in [0.1, 0.15) is 6.42 Å². The second-order valence-corrected chi connectivity index (χ2v) is 4.48. The second-order valence-electron chi connectivity index (χ2n) is 4.48. The Kier molecular flexibility index (Phi) is 17.9. The molecule has 0 aromatic heterocycles. The van der Waals surface area contributed by atoms with E-state index in [1.165, 1.54) is 6.92 Å². The molecule has 0 saturated heterocycles. The Labute approximate surface area is 134 Å². The molecule has 23 heavy (non-hydrogen) atoms. The summed E-state index contributed by atoms with van der Waals surface area (Å²) in [6.07, 6.45) is -4.93. The van der Waals surface area contributed by atoms with E-state index in [4.69, 9.17) is 4.74 Å². The number of hydrogen-bond acceptors (Lipinski definition) is 5. The lowest BCUT2D eigenvalue weighted by Crippen LogP contribution is -2.20. The summed E-state index contributed by atoms with van der Waals surface area (Å²) in [7, 11) is 0.958. The molecule has 0 aliphatic carbocycles. The van der Waals surface area contributed by atoms with Gasteiger partial charge >= 0.3 is 18.1 Å². The molecule has 9 heteroatoms. The molecule has 0 amide bonds. The van der Waals surface area contributed by atoms with Crippen LogP contribution in [0.2, 0.25) is 0 Å². The van der Waals surface area contributed by atoms with E-state index in [1.54, 1.807) is 13.8 Å². The number of rotatable bonds is 5. The summed E-state index contributed by atoms with van der Waals surface area (Å²) in [5.74, 6) is -1.41. The molecule has 0 radical (unpaired) electrons. The fraction of sp³-hybridized carbons (Fsp3) is 0.857. The van der Waals surface area contributed by atoms with E-state index < -0.39 is 24.7 Å². The van der Waals surface area contributed by atoms with E-state index in [9.17, 15) is 27.3 Å². The minimum absolute atomic E-state index is 0.0764. The van der Waals surface area contributed by atoms with Crippen molar-refractivity contribution < 1.29 is 41.7 Å². The van der Waals surface area contributed by atoms with E-state index >= 15 is 0 Å². The maximum absolute atomic E-state index is 11.6. The van der Waals surface area contributed by atoms with Gasteiger partial charge in [-0.2, -0.15) is 18.1 Å². The van der Waals surface area contributed by atoms with Crippen molar-refractivity contribution in [1.29, 1.82) is 0 Å². The zero-order valence-corrected chi connectivity index (χ0v) is 14.3. The smallest absolute Gasteiger partial charge is 0.399 e. The van der Waals surface area contributed by atoms with Gasteiger partial charge in [0.15, 0.2) is 0 Å². The summed E-state index contributed by atoms with van der Waals surface area (Å²) in [6, 6.07) is 0. The van der Waals surface area contributed by atoms with Gasteiger partial charge in [0.05, 0.1) is 19.3 Å². The Hall–Kier alpha value is -1.38. The van der Waals surface area contributed by atoms with Crippen molar-refractivity contribution in [2.45, 2.75) is 72.3 Å². The van der Waals surface area contributed by atoms with Crippen LogP contribution in [0.25, 0.3) is 0 Å². The van der Waals surface area contributed by atoms with Crippen LogP contribution in [-0.2, 0) is 24.0 Å². The summed E-state index contributed by atoms with van der Waals surface area (Å²) in [6.45, 7) is 8.56. The van der Waals surface area contributed by atoms with E-state index in [2.05, 4.69) is 9.68 Å². The number of carbonyl (C=O) groups excluding carboxylic acids is 2. The first-order valence-corrected chi connectivity index (χ1v) is 7.01. The number of esters is 2. The van der Waals surface area contributed by atoms with Crippen molar-refractivity contribution in [2.75, 3.05) is 7.11 Å². The lowest BCUT2D eigenvalue weighted by Gasteiger charge is -2.11. The molecule has 0 fully saturated rings. The molecule has 0 N–H and O–H groups in total. The summed E-state index contributed by atoms with van der Waals surface area (Å²) >= 11 is 0. The van der Waals surface area contributed by atoms with E-state index in [-0.39, 0.29) is 12.1 Å². The summed E-state index contributed by atoms with van der Waals surface area (Å²) in [5.41, 5.74) is 0. The third-order valence-electron chi connectivity index (χ3n) is 2.19. The summed E-state index contributed by atoms with van der Waals surface area (Å²) in [4.78, 5) is 23.4. The first kappa shape index (κ1) is 26.5. The fourth-order valence-electron chi connectivity index (χ4n) is 0.880. The highest BCUT2D eigenvalue weighted by atomic mass is 19.4. The minimum atomic E-state index is -4.47. The molecule has 5 nitrogen and oxygen atoms in total. The maximum atomic E-state index is 11.6. The highest BCUT2D eigenvalue weighted by Gasteiger charge is 2.32. The van der Waals surface area contributed by atoms with E-state index in [0.717, 1.165) is 13.5 Å². The van der Waals surface area contributed by atoms with Crippen LogP contribution in [0.5, 0.6) is 0 Å². The molecule has 0 spiro atoms. The van der Waals surface area contributed by atoms with Crippen LogP contribution in [0.4, 0.5) is 17.7 Å². The molecule has 0 aromatic rings. The van der Waals surface area contributed by atoms with Gasteiger partial charge in [0.25, 0.3) is 0 Å². The quantitative estimate of drug-likeness (QED) is 0.551. The number of alkyl halides is 3. The van der Waals surface area contributed by atoms with Gasteiger partial charge in [-0.25, -0.2) is 0 Å². The van der Waals surface area contributed by atoms with Crippen molar-refractivity contribution in [1.82, 2.24) is 0 Å². The Morgan fingerprint density at radius 3 is 1.57 bits per heavy atom. The van der Waals surface area contributed by atoms with Gasteiger partial charge in [-0.3, -0.25) is 9.59 Å². The molecule has 0 bridgehead atoms. The van der Waals surface area contributed by atoms with Crippen molar-refractivity contribution in [2.24, 2.45) is 0 Å². The monoisotopic (exact) mass is 350 g/mol. The van der Waals surface area contributed by atoms with Crippen LogP contribution >= 0.6 is 0 Å². The standard InChI is InChI=1S/C7H11F3O2.C6H12O2.CH3FO/c1-3-5(2)12-6(11)4-7(8,9)10;1-4-5(2)8-6(3)7;1-3-2/h5H,3-4H2,1-2H3;5H,4H2,1-3H3;1H3. The average molecular weight is 350 g/mol. The average Bonchev–Trinajstić information content (AvgIpc) is 2.37. The molecular weight excluding hydrogens is 324 g/mol. The first-order chi connectivity index (χ1) is 10.4. The van der Waals surface area contributed by atoms with Crippen LogP contribution in [0.15, 0.2) is 0 Å².